The molecule has 0 amide bonds. The van der Waals surface area contributed by atoms with Crippen molar-refractivity contribution in [2.75, 3.05) is 0 Å². The van der Waals surface area contributed by atoms with Gasteiger partial charge in [0.05, 0.1) is 5.56 Å². The summed E-state index contributed by atoms with van der Waals surface area (Å²) in [6.07, 6.45) is -0.698. The Hall–Kier alpha value is -1.88. The smallest absolute Gasteiger partial charge is 0.384 e. The van der Waals surface area contributed by atoms with Crippen LogP contribution in [0, 0.1) is 0 Å². The molecule has 1 unspecified atom stereocenters. The number of pyridine rings is 1. The van der Waals surface area contributed by atoms with Gasteiger partial charge < -0.3 is 5.11 Å². The highest BCUT2D eigenvalue weighted by Crippen LogP contribution is 2.36. The van der Waals surface area contributed by atoms with Crippen molar-refractivity contribution in [3.63, 3.8) is 0 Å². The number of benzene rings is 1. The Balaban J connectivity index is 2.01. The molecule has 1 atom stereocenters. The van der Waals surface area contributed by atoms with Crippen LogP contribution >= 0.6 is 0 Å². The van der Waals surface area contributed by atoms with Gasteiger partial charge in [-0.1, -0.05) is 18.2 Å². The number of rotatable bonds is 2. The third-order valence-electron chi connectivity index (χ3n) is 3.89. The highest BCUT2D eigenvalue weighted by Gasteiger charge is 2.35. The van der Waals surface area contributed by atoms with Crippen LogP contribution in [0.4, 0.5) is 13.2 Å². The van der Waals surface area contributed by atoms with Crippen LogP contribution in [0.1, 0.15) is 40.3 Å². The van der Waals surface area contributed by atoms with Gasteiger partial charge in [0.15, 0.2) is 0 Å². The van der Waals surface area contributed by atoms with Gasteiger partial charge in [0.2, 0.25) is 0 Å². The van der Waals surface area contributed by atoms with Crippen LogP contribution in [0.15, 0.2) is 36.7 Å². The van der Waals surface area contributed by atoms with E-state index in [0.717, 1.165) is 43.3 Å². The van der Waals surface area contributed by atoms with Crippen LogP contribution in [-0.4, -0.2) is 10.1 Å². The van der Waals surface area contributed by atoms with E-state index >= 15 is 0 Å². The molecule has 3 rings (SSSR count). The predicted molar refractivity (Wildman–Crippen MR) is 71.8 cm³/mol. The van der Waals surface area contributed by atoms with Gasteiger partial charge >= 0.3 is 6.18 Å². The Morgan fingerprint density at radius 1 is 1.10 bits per heavy atom. The highest BCUT2D eigenvalue weighted by molar-refractivity contribution is 5.41. The number of nitrogens with zero attached hydrogens (tertiary/aromatic N) is 1. The molecule has 2 aromatic rings. The fraction of sp³-hybridized carbons (Fsp3) is 0.312. The second-order valence-corrected chi connectivity index (χ2v) is 5.24. The van der Waals surface area contributed by atoms with E-state index in [1.807, 2.05) is 6.07 Å². The molecule has 1 aromatic heterocycles. The SMILES string of the molecule is OC(c1ccc2c(c1)CCC2)c1cnccc1C(F)(F)F. The number of hydrogen-bond acceptors (Lipinski definition) is 2. The molecule has 2 nitrogen and oxygen atoms in total. The monoisotopic (exact) mass is 293 g/mol. The fourth-order valence-corrected chi connectivity index (χ4v) is 2.82. The highest BCUT2D eigenvalue weighted by atomic mass is 19.4. The summed E-state index contributed by atoms with van der Waals surface area (Å²) < 4.78 is 39.0. The Kier molecular flexibility index (Phi) is 3.45. The van der Waals surface area contributed by atoms with Crippen molar-refractivity contribution in [2.24, 2.45) is 0 Å². The van der Waals surface area contributed by atoms with Gasteiger partial charge in [0.25, 0.3) is 0 Å². The van der Waals surface area contributed by atoms with Crippen molar-refractivity contribution < 1.29 is 18.3 Å². The van der Waals surface area contributed by atoms with Crippen LogP contribution < -0.4 is 0 Å². The maximum absolute atomic E-state index is 13.0. The minimum Gasteiger partial charge on any atom is -0.384 e. The van der Waals surface area contributed by atoms with Crippen LogP contribution in [0.5, 0.6) is 0 Å². The standard InChI is InChI=1S/C16H14F3NO/c17-16(18,19)14-6-7-20-9-13(14)15(21)12-5-4-10-2-1-3-11(10)8-12/h4-9,15,21H,1-3H2. The van der Waals surface area contributed by atoms with Crippen molar-refractivity contribution in [2.45, 2.75) is 31.5 Å². The molecule has 5 heteroatoms. The molecule has 1 N–H and O–H groups in total. The molecule has 0 spiro atoms. The number of fused-ring (bicyclic) bond motifs is 1. The first kappa shape index (κ1) is 14.1. The van der Waals surface area contributed by atoms with Crippen molar-refractivity contribution in [3.05, 3.63) is 64.5 Å². The van der Waals surface area contributed by atoms with Gasteiger partial charge in [-0.2, -0.15) is 13.2 Å². The molecule has 1 aromatic carbocycles. The molecule has 0 fully saturated rings. The molecule has 110 valence electrons. The molecule has 0 bridgehead atoms. The maximum atomic E-state index is 13.0. The first-order valence-electron chi connectivity index (χ1n) is 6.77. The van der Waals surface area contributed by atoms with Gasteiger partial charge in [-0.05, 0) is 42.0 Å². The topological polar surface area (TPSA) is 33.1 Å². The summed E-state index contributed by atoms with van der Waals surface area (Å²) in [6.45, 7) is 0. The zero-order chi connectivity index (χ0) is 15.0. The molecule has 0 aliphatic heterocycles. The molecule has 0 saturated carbocycles. The van der Waals surface area contributed by atoms with E-state index in [0.29, 0.717) is 5.56 Å². The maximum Gasteiger partial charge on any atom is 0.416 e. The van der Waals surface area contributed by atoms with Gasteiger partial charge in [0.1, 0.15) is 6.10 Å². The number of aromatic nitrogens is 1. The lowest BCUT2D eigenvalue weighted by Crippen LogP contribution is -2.13. The van der Waals surface area contributed by atoms with Gasteiger partial charge in [-0.15, -0.1) is 0 Å². The average Bonchev–Trinajstić information content (AvgIpc) is 2.93. The Bertz CT molecular complexity index is 667. The summed E-state index contributed by atoms with van der Waals surface area (Å²) in [5.41, 5.74) is 1.76. The summed E-state index contributed by atoms with van der Waals surface area (Å²) in [5, 5.41) is 10.3. The fourth-order valence-electron chi connectivity index (χ4n) is 2.82. The van der Waals surface area contributed by atoms with E-state index in [2.05, 4.69) is 4.98 Å². The zero-order valence-electron chi connectivity index (χ0n) is 11.2. The Labute approximate surface area is 120 Å². The van der Waals surface area contributed by atoms with Crippen LogP contribution in [-0.2, 0) is 19.0 Å². The van der Waals surface area contributed by atoms with Crippen LogP contribution in [0.3, 0.4) is 0 Å². The number of aliphatic hydroxyl groups excluding tert-OH is 1. The number of halogens is 3. The minimum absolute atomic E-state index is 0.206. The third kappa shape index (κ3) is 2.65. The third-order valence-corrected chi connectivity index (χ3v) is 3.89. The normalized spacial score (nSPS) is 15.8. The van der Waals surface area contributed by atoms with E-state index in [-0.39, 0.29) is 5.56 Å². The van der Waals surface area contributed by atoms with Crippen molar-refractivity contribution in [3.8, 4) is 0 Å². The number of aryl methyl sites for hydroxylation is 2. The first-order valence-corrected chi connectivity index (χ1v) is 6.77. The Morgan fingerprint density at radius 2 is 1.86 bits per heavy atom. The number of alkyl halides is 3. The molecule has 1 heterocycles. The molecule has 1 aliphatic rings. The predicted octanol–water partition coefficient (Wildman–Crippen LogP) is 3.67. The van der Waals surface area contributed by atoms with Crippen molar-refractivity contribution in [1.82, 2.24) is 4.98 Å². The van der Waals surface area contributed by atoms with E-state index < -0.39 is 17.8 Å². The van der Waals surface area contributed by atoms with Crippen LogP contribution in [0.2, 0.25) is 0 Å². The molecule has 0 saturated heterocycles. The minimum atomic E-state index is -4.50. The summed E-state index contributed by atoms with van der Waals surface area (Å²) in [7, 11) is 0. The van der Waals surface area contributed by atoms with Gasteiger partial charge in [0, 0.05) is 18.0 Å². The molecular formula is C16H14F3NO. The van der Waals surface area contributed by atoms with Crippen molar-refractivity contribution in [1.29, 1.82) is 0 Å². The average molecular weight is 293 g/mol. The summed E-state index contributed by atoms with van der Waals surface area (Å²) >= 11 is 0. The van der Waals surface area contributed by atoms with Gasteiger partial charge in [-0.3, -0.25) is 4.98 Å². The van der Waals surface area contributed by atoms with Crippen molar-refractivity contribution >= 4 is 0 Å². The Morgan fingerprint density at radius 3 is 2.62 bits per heavy atom. The molecule has 0 radical (unpaired) electrons. The lowest BCUT2D eigenvalue weighted by molar-refractivity contribution is -0.139. The second-order valence-electron chi connectivity index (χ2n) is 5.24. The molecule has 21 heavy (non-hydrogen) atoms. The summed E-state index contributed by atoms with van der Waals surface area (Å²) in [4.78, 5) is 3.72. The van der Waals surface area contributed by atoms with E-state index in [9.17, 15) is 18.3 Å². The number of aliphatic hydroxyl groups is 1. The largest absolute Gasteiger partial charge is 0.416 e. The lowest BCUT2D eigenvalue weighted by atomic mass is 9.96. The van der Waals surface area contributed by atoms with E-state index in [1.54, 1.807) is 12.1 Å². The lowest BCUT2D eigenvalue weighted by Gasteiger charge is -2.18. The summed E-state index contributed by atoms with van der Waals surface area (Å²) in [5.74, 6) is 0. The van der Waals surface area contributed by atoms with Gasteiger partial charge in [-0.25, -0.2) is 0 Å². The molecule has 1 aliphatic carbocycles. The zero-order valence-corrected chi connectivity index (χ0v) is 11.2. The van der Waals surface area contributed by atoms with E-state index in [4.69, 9.17) is 0 Å². The summed E-state index contributed by atoms with van der Waals surface area (Å²) in [6, 6.07) is 6.29. The number of hydrogen-bond donors (Lipinski definition) is 1. The van der Waals surface area contributed by atoms with E-state index in [1.165, 1.54) is 5.56 Å². The van der Waals surface area contributed by atoms with Crippen LogP contribution in [0.25, 0.3) is 0 Å². The second kappa shape index (κ2) is 5.15. The first-order chi connectivity index (χ1) is 9.97. The molecular weight excluding hydrogens is 279 g/mol. The quantitative estimate of drug-likeness (QED) is 0.916.